The molecule has 1 aliphatic rings. The van der Waals surface area contributed by atoms with E-state index in [0.29, 0.717) is 12.1 Å². The van der Waals surface area contributed by atoms with Gasteiger partial charge in [0.25, 0.3) is 11.8 Å². The Morgan fingerprint density at radius 2 is 1.67 bits per heavy atom. The molecule has 4 heteroatoms. The summed E-state index contributed by atoms with van der Waals surface area (Å²) in [5, 5.41) is 2.97. The van der Waals surface area contributed by atoms with Gasteiger partial charge >= 0.3 is 0 Å². The van der Waals surface area contributed by atoms with Crippen LogP contribution < -0.4 is 10.2 Å². The highest BCUT2D eigenvalue weighted by molar-refractivity contribution is 6.10. The number of hydrogen-bond donors (Lipinski definition) is 1. The second-order valence-electron chi connectivity index (χ2n) is 6.82. The van der Waals surface area contributed by atoms with E-state index in [-0.39, 0.29) is 11.8 Å². The van der Waals surface area contributed by atoms with Crippen molar-refractivity contribution < 1.29 is 9.59 Å². The average Bonchev–Trinajstić information content (AvgIpc) is 3.01. The summed E-state index contributed by atoms with van der Waals surface area (Å²) in [6.07, 6.45) is 0. The third kappa shape index (κ3) is 3.10. The van der Waals surface area contributed by atoms with Gasteiger partial charge in [0.2, 0.25) is 0 Å². The molecule has 134 valence electrons. The molecule has 0 aromatic heterocycles. The van der Waals surface area contributed by atoms with E-state index in [2.05, 4.69) is 5.32 Å². The van der Waals surface area contributed by atoms with Crippen molar-refractivity contribution in [2.75, 3.05) is 10.2 Å². The summed E-state index contributed by atoms with van der Waals surface area (Å²) in [6, 6.07) is 20.9. The van der Waals surface area contributed by atoms with Crippen LogP contribution >= 0.6 is 0 Å². The highest BCUT2D eigenvalue weighted by Crippen LogP contribution is 2.30. The van der Waals surface area contributed by atoms with E-state index >= 15 is 0 Å². The van der Waals surface area contributed by atoms with Gasteiger partial charge in [-0.3, -0.25) is 9.59 Å². The number of amides is 2. The van der Waals surface area contributed by atoms with Crippen LogP contribution in [0.3, 0.4) is 0 Å². The topological polar surface area (TPSA) is 49.4 Å². The van der Waals surface area contributed by atoms with Crippen molar-refractivity contribution in [1.29, 1.82) is 0 Å². The first-order chi connectivity index (χ1) is 13.0. The van der Waals surface area contributed by atoms with Crippen molar-refractivity contribution in [3.05, 3.63) is 94.5 Å². The van der Waals surface area contributed by atoms with Crippen molar-refractivity contribution >= 4 is 23.2 Å². The van der Waals surface area contributed by atoms with Gasteiger partial charge in [0.05, 0.1) is 6.54 Å². The molecule has 0 aliphatic carbocycles. The molecule has 0 saturated carbocycles. The van der Waals surface area contributed by atoms with E-state index < -0.39 is 0 Å². The number of benzene rings is 3. The summed E-state index contributed by atoms with van der Waals surface area (Å²) >= 11 is 0. The zero-order chi connectivity index (χ0) is 19.0. The van der Waals surface area contributed by atoms with Crippen LogP contribution in [0, 0.1) is 13.8 Å². The van der Waals surface area contributed by atoms with Gasteiger partial charge in [-0.15, -0.1) is 0 Å². The molecule has 0 bridgehead atoms. The van der Waals surface area contributed by atoms with Crippen LogP contribution in [0.25, 0.3) is 0 Å². The second kappa shape index (κ2) is 6.72. The molecule has 0 spiro atoms. The fourth-order valence-corrected chi connectivity index (χ4v) is 3.44. The Balaban J connectivity index is 1.56. The Kier molecular flexibility index (Phi) is 4.24. The number of nitrogens with zero attached hydrogens (tertiary/aromatic N) is 1. The quantitative estimate of drug-likeness (QED) is 0.738. The molecule has 0 radical (unpaired) electrons. The third-order valence-corrected chi connectivity index (χ3v) is 4.98. The first kappa shape index (κ1) is 17.0. The summed E-state index contributed by atoms with van der Waals surface area (Å²) in [4.78, 5) is 27.0. The van der Waals surface area contributed by atoms with Gasteiger partial charge in [0, 0.05) is 22.5 Å². The first-order valence-electron chi connectivity index (χ1n) is 8.92. The highest BCUT2D eigenvalue weighted by atomic mass is 16.2. The van der Waals surface area contributed by atoms with Crippen LogP contribution in [-0.2, 0) is 6.54 Å². The highest BCUT2D eigenvalue weighted by Gasteiger charge is 2.28. The molecule has 0 unspecified atom stereocenters. The number of carbonyl (C=O) groups is 2. The van der Waals surface area contributed by atoms with E-state index in [1.165, 1.54) is 0 Å². The molecular weight excluding hydrogens is 336 g/mol. The van der Waals surface area contributed by atoms with E-state index in [9.17, 15) is 9.59 Å². The molecule has 0 atom stereocenters. The molecular formula is C23H20N2O2. The molecule has 3 aromatic rings. The monoisotopic (exact) mass is 356 g/mol. The fourth-order valence-electron chi connectivity index (χ4n) is 3.44. The maximum Gasteiger partial charge on any atom is 0.258 e. The van der Waals surface area contributed by atoms with E-state index in [0.717, 1.165) is 33.6 Å². The molecule has 0 fully saturated rings. The zero-order valence-electron chi connectivity index (χ0n) is 15.3. The second-order valence-corrected chi connectivity index (χ2v) is 6.82. The number of aryl methyl sites for hydroxylation is 2. The van der Waals surface area contributed by atoms with Crippen LogP contribution in [0.2, 0.25) is 0 Å². The lowest BCUT2D eigenvalue weighted by atomic mass is 10.1. The lowest BCUT2D eigenvalue weighted by molar-refractivity contribution is 0.0994. The van der Waals surface area contributed by atoms with E-state index in [1.807, 2.05) is 80.6 Å². The van der Waals surface area contributed by atoms with Crippen molar-refractivity contribution in [1.82, 2.24) is 0 Å². The van der Waals surface area contributed by atoms with Crippen LogP contribution in [-0.4, -0.2) is 11.8 Å². The third-order valence-electron chi connectivity index (χ3n) is 4.98. The van der Waals surface area contributed by atoms with Gasteiger partial charge in [-0.1, -0.05) is 36.4 Å². The molecule has 1 heterocycles. The Morgan fingerprint density at radius 3 is 2.41 bits per heavy atom. The van der Waals surface area contributed by atoms with Crippen LogP contribution in [0.5, 0.6) is 0 Å². The standard InChI is InChI=1S/C23H20N2O2/c1-15-7-3-5-9-19(15)22(26)24-21-12-11-18(13-16(21)2)25-14-17-8-4-6-10-20(17)23(25)27/h3-13H,14H2,1-2H3,(H,24,26). The van der Waals surface area contributed by atoms with Crippen molar-refractivity contribution in [2.24, 2.45) is 0 Å². The van der Waals surface area contributed by atoms with E-state index in [1.54, 1.807) is 4.90 Å². The Morgan fingerprint density at radius 1 is 0.926 bits per heavy atom. The minimum atomic E-state index is -0.131. The Hall–Kier alpha value is -3.40. The fraction of sp³-hybridized carbons (Fsp3) is 0.130. The van der Waals surface area contributed by atoms with Crippen molar-refractivity contribution in [2.45, 2.75) is 20.4 Å². The number of rotatable bonds is 3. The molecule has 1 N–H and O–H groups in total. The average molecular weight is 356 g/mol. The number of nitrogens with one attached hydrogen (secondary N) is 1. The number of anilines is 2. The number of fused-ring (bicyclic) bond motifs is 1. The summed E-state index contributed by atoms with van der Waals surface area (Å²) in [5.74, 6) is -0.115. The summed E-state index contributed by atoms with van der Waals surface area (Å²) < 4.78 is 0. The minimum Gasteiger partial charge on any atom is -0.322 e. The maximum atomic E-state index is 12.6. The molecule has 3 aromatic carbocycles. The van der Waals surface area contributed by atoms with Crippen molar-refractivity contribution in [3.63, 3.8) is 0 Å². The molecule has 2 amide bonds. The predicted molar refractivity (Wildman–Crippen MR) is 107 cm³/mol. The van der Waals surface area contributed by atoms with Gasteiger partial charge in [-0.2, -0.15) is 0 Å². The molecule has 27 heavy (non-hydrogen) atoms. The summed E-state index contributed by atoms with van der Waals surface area (Å²) in [7, 11) is 0. The molecule has 4 rings (SSSR count). The number of carbonyl (C=O) groups excluding carboxylic acids is 2. The largest absolute Gasteiger partial charge is 0.322 e. The normalized spacial score (nSPS) is 12.8. The maximum absolute atomic E-state index is 12.6. The minimum absolute atomic E-state index is 0.0155. The molecule has 1 aliphatic heterocycles. The van der Waals surface area contributed by atoms with Crippen molar-refractivity contribution in [3.8, 4) is 0 Å². The zero-order valence-corrected chi connectivity index (χ0v) is 15.3. The van der Waals surface area contributed by atoms with Gasteiger partial charge < -0.3 is 10.2 Å². The Bertz CT molecular complexity index is 1060. The first-order valence-corrected chi connectivity index (χ1v) is 8.92. The lowest BCUT2D eigenvalue weighted by Crippen LogP contribution is -2.23. The Labute approximate surface area is 158 Å². The van der Waals surface area contributed by atoms with Gasteiger partial charge in [-0.05, 0) is 60.9 Å². The van der Waals surface area contributed by atoms with E-state index in [4.69, 9.17) is 0 Å². The predicted octanol–water partition coefficient (Wildman–Crippen LogP) is 4.72. The van der Waals surface area contributed by atoms with Gasteiger partial charge in [0.15, 0.2) is 0 Å². The summed E-state index contributed by atoms with van der Waals surface area (Å²) in [6.45, 7) is 4.43. The van der Waals surface area contributed by atoms with Gasteiger partial charge in [0.1, 0.15) is 0 Å². The van der Waals surface area contributed by atoms with Crippen LogP contribution in [0.15, 0.2) is 66.7 Å². The lowest BCUT2D eigenvalue weighted by Gasteiger charge is -2.18. The number of hydrogen-bond acceptors (Lipinski definition) is 2. The molecule has 4 nitrogen and oxygen atoms in total. The van der Waals surface area contributed by atoms with Crippen LogP contribution in [0.4, 0.5) is 11.4 Å². The SMILES string of the molecule is Cc1cc(N2Cc3ccccc3C2=O)ccc1NC(=O)c1ccccc1C. The molecule has 0 saturated heterocycles. The van der Waals surface area contributed by atoms with Crippen LogP contribution in [0.1, 0.15) is 37.4 Å². The van der Waals surface area contributed by atoms with Gasteiger partial charge in [-0.25, -0.2) is 0 Å². The summed E-state index contributed by atoms with van der Waals surface area (Å²) in [5.41, 5.74) is 5.89. The smallest absolute Gasteiger partial charge is 0.258 e.